The number of thioether (sulfide) groups is 2. The molecule has 3 heterocycles. The van der Waals surface area contributed by atoms with Crippen molar-refractivity contribution in [3.8, 4) is 5.75 Å². The fourth-order valence-electron chi connectivity index (χ4n) is 8.98. The fourth-order valence-corrected chi connectivity index (χ4v) is 12.2. The molecule has 0 saturated heterocycles. The monoisotopic (exact) mass is 830 g/mol. The zero-order valence-corrected chi connectivity index (χ0v) is 37.6. The Morgan fingerprint density at radius 2 is 1.03 bits per heavy atom. The number of rotatable bonds is 29. The molecule has 1 aromatic carbocycles. The van der Waals surface area contributed by atoms with Gasteiger partial charge in [0.25, 0.3) is 0 Å². The van der Waals surface area contributed by atoms with E-state index in [1.54, 1.807) is 22.3 Å². The topological polar surface area (TPSA) is 61.0 Å². The molecule has 2 aliphatic heterocycles. The number of hydrogen-bond acceptors (Lipinski definition) is 7. The number of unbranched alkanes of at least 4 members (excludes halogenated alkanes) is 13. The van der Waals surface area contributed by atoms with Crippen LogP contribution >= 0.6 is 23.5 Å². The number of pyridine rings is 1. The van der Waals surface area contributed by atoms with Gasteiger partial charge < -0.3 is 24.1 Å². The average molecular weight is 831 g/mol. The summed E-state index contributed by atoms with van der Waals surface area (Å²) >= 11 is 4.14. The molecule has 6 nitrogen and oxygen atoms in total. The molecule has 58 heavy (non-hydrogen) atoms. The second kappa shape index (κ2) is 23.6. The molecular formula is C50H72NO5S2+. The van der Waals surface area contributed by atoms with Gasteiger partial charge in [-0.15, -0.1) is 23.5 Å². The first-order chi connectivity index (χ1) is 28.5. The van der Waals surface area contributed by atoms with Crippen LogP contribution in [0.5, 0.6) is 5.75 Å². The van der Waals surface area contributed by atoms with Crippen LogP contribution in [0.1, 0.15) is 141 Å². The summed E-state index contributed by atoms with van der Waals surface area (Å²) in [4.78, 5) is 2.75. The summed E-state index contributed by atoms with van der Waals surface area (Å²) in [5.41, 5.74) is 8.90. The Morgan fingerprint density at radius 1 is 0.569 bits per heavy atom. The van der Waals surface area contributed by atoms with Crippen LogP contribution in [-0.4, -0.2) is 67.5 Å². The van der Waals surface area contributed by atoms with Gasteiger partial charge in [-0.05, 0) is 97.2 Å². The maximum Gasteiger partial charge on any atom is 0.171 e. The van der Waals surface area contributed by atoms with Crippen molar-refractivity contribution in [2.75, 3.05) is 52.9 Å². The predicted octanol–water partition coefficient (Wildman–Crippen LogP) is 12.1. The van der Waals surface area contributed by atoms with E-state index in [-0.39, 0.29) is 16.1 Å². The molecule has 2 aliphatic carbocycles. The molecule has 2 unspecified atom stereocenters. The summed E-state index contributed by atoms with van der Waals surface area (Å²) in [6.07, 6.45) is 32.3. The van der Waals surface area contributed by atoms with Gasteiger partial charge in [-0.25, -0.2) is 4.57 Å². The number of benzene rings is 1. The summed E-state index contributed by atoms with van der Waals surface area (Å²) in [7, 11) is 0. The minimum absolute atomic E-state index is 0.0410. The van der Waals surface area contributed by atoms with E-state index in [2.05, 4.69) is 110 Å². The average Bonchev–Trinajstić information content (AvgIpc) is 3.97. The van der Waals surface area contributed by atoms with Gasteiger partial charge in [0.15, 0.2) is 18.9 Å². The first-order valence-corrected chi connectivity index (χ1v) is 24.5. The van der Waals surface area contributed by atoms with Crippen molar-refractivity contribution >= 4 is 33.3 Å². The molecule has 1 saturated carbocycles. The molecule has 0 bridgehead atoms. The highest BCUT2D eigenvalue weighted by Gasteiger charge is 2.59. The summed E-state index contributed by atoms with van der Waals surface area (Å²) in [6.45, 7) is 12.1. The Labute approximate surface area is 359 Å². The lowest BCUT2D eigenvalue weighted by Crippen LogP contribution is -2.47. The quantitative estimate of drug-likeness (QED) is 0.0647. The van der Waals surface area contributed by atoms with Crippen molar-refractivity contribution in [3.63, 3.8) is 0 Å². The van der Waals surface area contributed by atoms with E-state index in [1.807, 2.05) is 0 Å². The molecular weight excluding hydrogens is 759 g/mol. The summed E-state index contributed by atoms with van der Waals surface area (Å²) in [5, 5.41) is 8.76. The number of aliphatic hydroxyl groups excluding tert-OH is 1. The second-order valence-electron chi connectivity index (χ2n) is 16.8. The van der Waals surface area contributed by atoms with Crippen molar-refractivity contribution in [3.05, 3.63) is 94.4 Å². The molecule has 1 N–H and O–H groups in total. The van der Waals surface area contributed by atoms with Crippen LogP contribution < -0.4 is 9.30 Å². The van der Waals surface area contributed by atoms with E-state index < -0.39 is 0 Å². The van der Waals surface area contributed by atoms with Crippen molar-refractivity contribution in [2.45, 2.75) is 146 Å². The van der Waals surface area contributed by atoms with E-state index in [1.165, 1.54) is 124 Å². The number of fused-ring (bicyclic) bond motifs is 4. The Bertz CT molecular complexity index is 1700. The minimum atomic E-state index is -0.0486. The van der Waals surface area contributed by atoms with Crippen molar-refractivity contribution < 1.29 is 28.6 Å². The molecule has 1 fully saturated rings. The van der Waals surface area contributed by atoms with Gasteiger partial charge in [-0.3, -0.25) is 0 Å². The lowest BCUT2D eigenvalue weighted by molar-refractivity contribution is -0.698. The normalized spacial score (nSPS) is 21.0. The van der Waals surface area contributed by atoms with Crippen LogP contribution in [0, 0.1) is 0 Å². The number of allylic oxidation sites excluding steroid dienone is 4. The molecule has 8 heteroatoms. The Hall–Kier alpha value is -2.33. The van der Waals surface area contributed by atoms with Crippen molar-refractivity contribution in [1.82, 2.24) is 0 Å². The Morgan fingerprint density at radius 3 is 1.55 bits per heavy atom. The van der Waals surface area contributed by atoms with Gasteiger partial charge in [0.2, 0.25) is 0 Å². The molecule has 4 aliphatic rings. The third-order valence-electron chi connectivity index (χ3n) is 12.5. The maximum absolute atomic E-state index is 8.76. The molecule has 2 atom stereocenters. The van der Waals surface area contributed by atoms with Crippen molar-refractivity contribution in [2.24, 2.45) is 0 Å². The van der Waals surface area contributed by atoms with Crippen molar-refractivity contribution in [1.29, 1.82) is 0 Å². The lowest BCUT2D eigenvalue weighted by atomic mass is 9.72. The smallest absolute Gasteiger partial charge is 0.171 e. The third kappa shape index (κ3) is 11.9. The molecule has 0 amide bonds. The second-order valence-corrected chi connectivity index (χ2v) is 19.7. The SMILES string of the molecule is CCCCCCCCCCCCCCCCOc1ccc(C2=CC3=C4CCCC4=C4C=C(c5cc[n+](CCOCCOCCOCCO)cc5)SC4(C)C3(C)S2)cc1. The van der Waals surface area contributed by atoms with Crippen LogP contribution in [-0.2, 0) is 20.8 Å². The Kier molecular flexibility index (Phi) is 18.4. The number of aromatic nitrogens is 1. The zero-order valence-electron chi connectivity index (χ0n) is 36.0. The summed E-state index contributed by atoms with van der Waals surface area (Å²) < 4.78 is 24.8. The van der Waals surface area contributed by atoms with E-state index in [4.69, 9.17) is 24.1 Å². The van der Waals surface area contributed by atoms with Gasteiger partial charge in [-0.1, -0.05) is 103 Å². The van der Waals surface area contributed by atoms with E-state index in [0.29, 0.717) is 39.6 Å². The predicted molar refractivity (Wildman–Crippen MR) is 244 cm³/mol. The van der Waals surface area contributed by atoms with Gasteiger partial charge in [0, 0.05) is 21.9 Å². The van der Waals surface area contributed by atoms with E-state index >= 15 is 0 Å². The largest absolute Gasteiger partial charge is 0.494 e. The first-order valence-electron chi connectivity index (χ1n) is 22.8. The molecule has 0 radical (unpaired) electrons. The summed E-state index contributed by atoms with van der Waals surface area (Å²) in [6, 6.07) is 13.4. The van der Waals surface area contributed by atoms with Gasteiger partial charge in [0.1, 0.15) is 12.4 Å². The van der Waals surface area contributed by atoms with Crippen LogP contribution in [0.3, 0.4) is 0 Å². The summed E-state index contributed by atoms with van der Waals surface area (Å²) in [5.74, 6) is 0.987. The highest BCUT2D eigenvalue weighted by Crippen LogP contribution is 2.70. The lowest BCUT2D eigenvalue weighted by Gasteiger charge is -2.47. The molecule has 2 aromatic rings. The fraction of sp³-hybridized carbons (Fsp3) is 0.620. The van der Waals surface area contributed by atoms with E-state index in [0.717, 1.165) is 25.3 Å². The van der Waals surface area contributed by atoms with Crippen LogP contribution in [0.15, 0.2) is 83.2 Å². The first kappa shape index (κ1) is 45.2. The third-order valence-corrected chi connectivity index (χ3v) is 15.9. The standard InChI is InChI=1S/C50H72NO5S2/c1-4-5-6-7-8-9-10-11-12-13-14-15-16-17-31-56-42-23-21-40(22-24-42)47-38-45-43-19-18-20-44(43)46-39-48(58-50(46,3)49(45,2)57-47)41-25-27-51(28-26-41)29-32-53-34-36-55-37-35-54-33-30-52/h21-28,38-39,52H,4-20,29-37H2,1-3H3/q+1. The number of ether oxygens (including phenoxy) is 4. The van der Waals surface area contributed by atoms with Gasteiger partial charge >= 0.3 is 0 Å². The zero-order chi connectivity index (χ0) is 40.5. The minimum Gasteiger partial charge on any atom is -0.494 e. The van der Waals surface area contributed by atoms with E-state index in [9.17, 15) is 0 Å². The number of aliphatic hydroxyl groups is 1. The highest BCUT2D eigenvalue weighted by atomic mass is 32.2. The van der Waals surface area contributed by atoms with Gasteiger partial charge in [0.05, 0.1) is 55.7 Å². The van der Waals surface area contributed by atoms with Crippen LogP contribution in [0.2, 0.25) is 0 Å². The van der Waals surface area contributed by atoms with Crippen LogP contribution in [0.4, 0.5) is 0 Å². The van der Waals surface area contributed by atoms with Gasteiger partial charge in [-0.2, -0.15) is 0 Å². The van der Waals surface area contributed by atoms with Crippen LogP contribution in [0.25, 0.3) is 9.81 Å². The molecule has 318 valence electrons. The number of nitrogens with zero attached hydrogens (tertiary/aromatic N) is 1. The maximum atomic E-state index is 8.76. The number of hydrogen-bond donors (Lipinski definition) is 1. The molecule has 0 spiro atoms. The molecule has 1 aromatic heterocycles. The Balaban J connectivity index is 0.938. The molecule has 6 rings (SSSR count). The highest BCUT2D eigenvalue weighted by molar-refractivity contribution is 8.14.